The van der Waals surface area contributed by atoms with E-state index in [2.05, 4.69) is 15.1 Å². The SMILES string of the molecule is COCC1CCCN1C(=O)c1cc2c(cn1)c(-c1cnc3c(F)cc(F)cn13)nn2C(F)C(F)F. The number of fused-ring (bicyclic) bond motifs is 2. The van der Waals surface area contributed by atoms with E-state index in [1.165, 1.54) is 19.4 Å². The van der Waals surface area contributed by atoms with Crippen molar-refractivity contribution in [2.75, 3.05) is 20.3 Å². The molecule has 2 atom stereocenters. The number of alkyl halides is 3. The van der Waals surface area contributed by atoms with Crippen molar-refractivity contribution in [3.05, 3.63) is 48.1 Å². The Morgan fingerprint density at radius 1 is 1.20 bits per heavy atom. The molecule has 0 N–H and O–H groups in total. The number of hydrogen-bond donors (Lipinski definition) is 0. The van der Waals surface area contributed by atoms with Crippen LogP contribution < -0.4 is 0 Å². The summed E-state index contributed by atoms with van der Waals surface area (Å²) in [6, 6.07) is 1.67. The zero-order valence-electron chi connectivity index (χ0n) is 18.3. The highest BCUT2D eigenvalue weighted by Gasteiger charge is 2.32. The molecule has 0 aromatic carbocycles. The second-order valence-electron chi connectivity index (χ2n) is 8.18. The van der Waals surface area contributed by atoms with Crippen molar-refractivity contribution in [2.45, 2.75) is 31.6 Å². The Bertz CT molecular complexity index is 1420. The van der Waals surface area contributed by atoms with E-state index in [1.807, 2.05) is 0 Å². The first-order valence-electron chi connectivity index (χ1n) is 10.7. The van der Waals surface area contributed by atoms with E-state index in [0.717, 1.165) is 29.6 Å². The molecule has 13 heteroatoms. The number of carbonyl (C=O) groups is 1. The first-order chi connectivity index (χ1) is 16.8. The van der Waals surface area contributed by atoms with Gasteiger partial charge < -0.3 is 9.64 Å². The van der Waals surface area contributed by atoms with Crippen LogP contribution in [-0.4, -0.2) is 67.7 Å². The summed E-state index contributed by atoms with van der Waals surface area (Å²) in [4.78, 5) is 22.8. The van der Waals surface area contributed by atoms with Crippen LogP contribution in [0.4, 0.5) is 22.0 Å². The summed E-state index contributed by atoms with van der Waals surface area (Å²) in [6.45, 7) is 0.800. The molecule has 184 valence electrons. The van der Waals surface area contributed by atoms with E-state index in [-0.39, 0.29) is 39.7 Å². The molecule has 0 bridgehead atoms. The molecular weight excluding hydrogens is 475 g/mol. The Morgan fingerprint density at radius 2 is 2.00 bits per heavy atom. The molecule has 1 aliphatic heterocycles. The highest BCUT2D eigenvalue weighted by atomic mass is 19.3. The number of carbonyl (C=O) groups excluding carboxylic acids is 1. The van der Waals surface area contributed by atoms with Gasteiger partial charge >= 0.3 is 0 Å². The molecular formula is C22H19F5N6O2. The van der Waals surface area contributed by atoms with E-state index in [4.69, 9.17) is 4.74 Å². The fourth-order valence-corrected chi connectivity index (χ4v) is 4.44. The number of rotatable bonds is 6. The molecule has 1 amide bonds. The zero-order valence-corrected chi connectivity index (χ0v) is 18.3. The topological polar surface area (TPSA) is 77.6 Å². The molecule has 1 saturated heterocycles. The lowest BCUT2D eigenvalue weighted by Crippen LogP contribution is -2.38. The van der Waals surface area contributed by atoms with E-state index in [0.29, 0.717) is 23.9 Å². The van der Waals surface area contributed by atoms with Crippen LogP contribution in [0.1, 0.15) is 29.6 Å². The Labute approximate surface area is 194 Å². The van der Waals surface area contributed by atoms with Gasteiger partial charge in [-0.2, -0.15) is 5.10 Å². The molecule has 1 fully saturated rings. The number of methoxy groups -OCH3 is 1. The largest absolute Gasteiger partial charge is 0.383 e. The molecule has 0 spiro atoms. The van der Waals surface area contributed by atoms with E-state index in [9.17, 15) is 26.7 Å². The lowest BCUT2D eigenvalue weighted by Gasteiger charge is -2.23. The quantitative estimate of drug-likeness (QED) is 0.379. The van der Waals surface area contributed by atoms with Gasteiger partial charge in [-0.3, -0.25) is 14.2 Å². The second kappa shape index (κ2) is 8.87. The molecule has 1 aliphatic rings. The van der Waals surface area contributed by atoms with E-state index in [1.54, 1.807) is 4.90 Å². The van der Waals surface area contributed by atoms with Gasteiger partial charge in [-0.25, -0.2) is 31.6 Å². The number of pyridine rings is 2. The minimum absolute atomic E-state index is 0.0317. The second-order valence-corrected chi connectivity index (χ2v) is 8.18. The summed E-state index contributed by atoms with van der Waals surface area (Å²) >= 11 is 0. The number of nitrogens with zero attached hydrogens (tertiary/aromatic N) is 6. The van der Waals surface area contributed by atoms with Crippen molar-refractivity contribution in [1.29, 1.82) is 0 Å². The lowest BCUT2D eigenvalue weighted by atomic mass is 10.2. The third-order valence-corrected chi connectivity index (χ3v) is 6.02. The van der Waals surface area contributed by atoms with Crippen LogP contribution in [0.2, 0.25) is 0 Å². The van der Waals surface area contributed by atoms with Gasteiger partial charge in [0.05, 0.1) is 30.1 Å². The maximum atomic E-state index is 14.6. The van der Waals surface area contributed by atoms with Crippen LogP contribution in [0.25, 0.3) is 27.9 Å². The van der Waals surface area contributed by atoms with Gasteiger partial charge in [0.2, 0.25) is 0 Å². The van der Waals surface area contributed by atoms with Crippen LogP contribution in [0.3, 0.4) is 0 Å². The lowest BCUT2D eigenvalue weighted by molar-refractivity contribution is 0.00356. The number of imidazole rings is 1. The first kappa shape index (κ1) is 23.1. The molecule has 0 radical (unpaired) electrons. The van der Waals surface area contributed by atoms with Crippen molar-refractivity contribution in [2.24, 2.45) is 0 Å². The standard InChI is InChI=1S/C22H19F5N6O2/c1-35-10-12-3-2-4-31(12)22(34)15-6-16-13(7-28-15)18(30-33(16)20(27)19(25)26)17-8-29-21-14(24)5-11(23)9-32(17)21/h5-9,12,19-20H,2-4,10H2,1H3. The molecule has 2 unspecified atom stereocenters. The Morgan fingerprint density at radius 3 is 2.74 bits per heavy atom. The van der Waals surface area contributed by atoms with Gasteiger partial charge in [-0.05, 0) is 18.9 Å². The maximum absolute atomic E-state index is 14.6. The number of ether oxygens (including phenoxy) is 1. The fourth-order valence-electron chi connectivity index (χ4n) is 4.44. The number of amides is 1. The first-order valence-corrected chi connectivity index (χ1v) is 10.7. The maximum Gasteiger partial charge on any atom is 0.289 e. The van der Waals surface area contributed by atoms with Crippen molar-refractivity contribution in [1.82, 2.24) is 29.0 Å². The summed E-state index contributed by atoms with van der Waals surface area (Å²) in [7, 11) is 1.52. The van der Waals surface area contributed by atoms with Gasteiger partial charge in [-0.1, -0.05) is 0 Å². The van der Waals surface area contributed by atoms with Crippen molar-refractivity contribution < 1.29 is 31.5 Å². The smallest absolute Gasteiger partial charge is 0.289 e. The van der Waals surface area contributed by atoms with Crippen LogP contribution in [0.15, 0.2) is 30.7 Å². The van der Waals surface area contributed by atoms with Gasteiger partial charge in [0.15, 0.2) is 11.5 Å². The third-order valence-electron chi connectivity index (χ3n) is 6.02. The Hall–Kier alpha value is -3.61. The van der Waals surface area contributed by atoms with Crippen LogP contribution in [-0.2, 0) is 4.74 Å². The van der Waals surface area contributed by atoms with Crippen molar-refractivity contribution in [3.8, 4) is 11.4 Å². The molecule has 35 heavy (non-hydrogen) atoms. The van der Waals surface area contributed by atoms with Crippen molar-refractivity contribution >= 4 is 22.5 Å². The van der Waals surface area contributed by atoms with E-state index < -0.39 is 30.3 Å². The minimum Gasteiger partial charge on any atom is -0.383 e. The van der Waals surface area contributed by atoms with Gasteiger partial charge in [0.25, 0.3) is 18.6 Å². The van der Waals surface area contributed by atoms with Crippen LogP contribution in [0.5, 0.6) is 0 Å². The fraction of sp³-hybridized carbons (Fsp3) is 0.364. The van der Waals surface area contributed by atoms with Gasteiger partial charge in [-0.15, -0.1) is 0 Å². The van der Waals surface area contributed by atoms with Gasteiger partial charge in [0, 0.05) is 37.5 Å². The summed E-state index contributed by atoms with van der Waals surface area (Å²) in [5.74, 6) is -2.30. The van der Waals surface area contributed by atoms with Crippen molar-refractivity contribution in [3.63, 3.8) is 0 Å². The average molecular weight is 494 g/mol. The molecule has 0 aliphatic carbocycles. The predicted molar refractivity (Wildman–Crippen MR) is 114 cm³/mol. The predicted octanol–water partition coefficient (Wildman–Crippen LogP) is 4.01. The molecule has 5 rings (SSSR count). The normalized spacial score (nSPS) is 17.2. The Balaban J connectivity index is 1.66. The van der Waals surface area contributed by atoms with E-state index >= 15 is 0 Å². The zero-order chi connectivity index (χ0) is 24.9. The number of likely N-dealkylation sites (tertiary alicyclic amines) is 1. The third kappa shape index (κ3) is 3.89. The number of hydrogen-bond acceptors (Lipinski definition) is 5. The van der Waals surface area contributed by atoms with Crippen LogP contribution >= 0.6 is 0 Å². The summed E-state index contributed by atoms with van der Waals surface area (Å²) in [5, 5.41) is 4.08. The highest BCUT2D eigenvalue weighted by molar-refractivity contribution is 5.99. The Kier molecular flexibility index (Phi) is 5.87. The monoisotopic (exact) mass is 494 g/mol. The molecule has 4 aromatic heterocycles. The highest BCUT2D eigenvalue weighted by Crippen LogP contribution is 2.33. The molecule has 0 saturated carbocycles. The molecule has 4 aromatic rings. The van der Waals surface area contributed by atoms with Gasteiger partial charge in [0.1, 0.15) is 17.2 Å². The summed E-state index contributed by atoms with van der Waals surface area (Å²) in [5.41, 5.74) is -0.479. The average Bonchev–Trinajstić information content (AvgIpc) is 3.54. The minimum atomic E-state index is -3.42. The number of aromatic nitrogens is 5. The summed E-state index contributed by atoms with van der Waals surface area (Å²) in [6.07, 6.45) is -1.43. The molecule has 5 heterocycles. The van der Waals surface area contributed by atoms with Crippen LogP contribution in [0, 0.1) is 11.6 Å². The summed E-state index contributed by atoms with van der Waals surface area (Å²) < 4.78 is 75.9. The number of halogens is 5. The molecule has 8 nitrogen and oxygen atoms in total.